The molecule has 2 amide bonds. The van der Waals surface area contributed by atoms with Gasteiger partial charge in [0.2, 0.25) is 5.91 Å². The summed E-state index contributed by atoms with van der Waals surface area (Å²) in [5, 5.41) is 0.782. The Morgan fingerprint density at radius 3 is 2.50 bits per heavy atom. The molecule has 0 saturated carbocycles. The number of halogens is 2. The molecule has 0 spiro atoms. The molecule has 1 rings (SSSR count). The van der Waals surface area contributed by atoms with E-state index in [2.05, 4.69) is 10.9 Å². The van der Waals surface area contributed by atoms with Crippen LogP contribution in [0, 0.1) is 0 Å². The Morgan fingerprint density at radius 1 is 1.28 bits per heavy atom. The van der Waals surface area contributed by atoms with Crippen molar-refractivity contribution in [2.75, 3.05) is 0 Å². The van der Waals surface area contributed by atoms with E-state index >= 15 is 0 Å². The number of benzene rings is 1. The van der Waals surface area contributed by atoms with Crippen LogP contribution in [0.5, 0.6) is 5.75 Å². The molecule has 0 radical (unpaired) electrons. The molecule has 0 unspecified atom stereocenters. The molecular weight excluding hydrogens is 279 g/mol. The van der Waals surface area contributed by atoms with Crippen LogP contribution in [0.15, 0.2) is 18.2 Å². The predicted octanol–water partition coefficient (Wildman–Crippen LogP) is 1.93. The smallest absolute Gasteiger partial charge is 0.279 e. The Hall–Kier alpha value is -1.46. The number of carbonyl (C=O) groups is 2. The van der Waals surface area contributed by atoms with Gasteiger partial charge in [0.15, 0.2) is 6.10 Å². The van der Waals surface area contributed by atoms with E-state index in [0.717, 1.165) is 0 Å². The summed E-state index contributed by atoms with van der Waals surface area (Å²) in [5.74, 6) is -0.525. The molecule has 18 heavy (non-hydrogen) atoms. The van der Waals surface area contributed by atoms with Gasteiger partial charge in [0.25, 0.3) is 5.91 Å². The second kappa shape index (κ2) is 6.47. The standard InChI is InChI=1S/C11H12Cl2N2O3/c1-6(11(17)15-14-7(2)16)18-10-4-3-8(12)5-9(10)13/h3-6H,1-2H3,(H,14,16)(H,15,17)/t6-/m0/s1. The van der Waals surface area contributed by atoms with Crippen molar-refractivity contribution >= 4 is 35.0 Å². The maximum absolute atomic E-state index is 11.5. The average Bonchev–Trinajstić information content (AvgIpc) is 2.29. The number of amides is 2. The maximum Gasteiger partial charge on any atom is 0.279 e. The van der Waals surface area contributed by atoms with E-state index in [4.69, 9.17) is 27.9 Å². The highest BCUT2D eigenvalue weighted by molar-refractivity contribution is 6.35. The van der Waals surface area contributed by atoms with Crippen molar-refractivity contribution in [3.05, 3.63) is 28.2 Å². The monoisotopic (exact) mass is 290 g/mol. The Labute approximate surface area is 114 Å². The molecule has 0 aliphatic heterocycles. The largest absolute Gasteiger partial charge is 0.479 e. The molecule has 0 heterocycles. The first-order valence-electron chi connectivity index (χ1n) is 5.08. The fraction of sp³-hybridized carbons (Fsp3) is 0.273. The minimum absolute atomic E-state index is 0.307. The van der Waals surface area contributed by atoms with Crippen LogP contribution in [-0.2, 0) is 9.59 Å². The van der Waals surface area contributed by atoms with E-state index in [-0.39, 0.29) is 5.91 Å². The molecular formula is C11H12Cl2N2O3. The number of nitrogens with one attached hydrogen (secondary N) is 2. The van der Waals surface area contributed by atoms with E-state index in [9.17, 15) is 9.59 Å². The SMILES string of the molecule is CC(=O)NNC(=O)[C@H](C)Oc1ccc(Cl)cc1Cl. The van der Waals surface area contributed by atoms with Crippen LogP contribution in [0.1, 0.15) is 13.8 Å². The maximum atomic E-state index is 11.5. The molecule has 1 atom stereocenters. The van der Waals surface area contributed by atoms with Gasteiger partial charge in [-0.25, -0.2) is 0 Å². The highest BCUT2D eigenvalue weighted by atomic mass is 35.5. The fourth-order valence-corrected chi connectivity index (χ4v) is 1.52. The van der Waals surface area contributed by atoms with Crippen molar-refractivity contribution in [2.24, 2.45) is 0 Å². The predicted molar refractivity (Wildman–Crippen MR) is 68.5 cm³/mol. The molecule has 1 aromatic carbocycles. The van der Waals surface area contributed by atoms with Gasteiger partial charge in [0.05, 0.1) is 5.02 Å². The molecule has 0 aromatic heterocycles. The first-order chi connectivity index (χ1) is 8.40. The number of carbonyl (C=O) groups excluding carboxylic acids is 2. The van der Waals surface area contributed by atoms with E-state index in [1.807, 2.05) is 0 Å². The third-order valence-electron chi connectivity index (χ3n) is 1.93. The summed E-state index contributed by atoms with van der Waals surface area (Å²) in [6.45, 7) is 2.81. The summed E-state index contributed by atoms with van der Waals surface area (Å²) in [6, 6.07) is 4.67. The van der Waals surface area contributed by atoms with Gasteiger partial charge < -0.3 is 4.74 Å². The Morgan fingerprint density at radius 2 is 1.94 bits per heavy atom. The van der Waals surface area contributed by atoms with E-state index < -0.39 is 12.0 Å². The van der Waals surface area contributed by atoms with Crippen LogP contribution in [0.3, 0.4) is 0 Å². The van der Waals surface area contributed by atoms with Gasteiger partial charge in [-0.05, 0) is 25.1 Å². The molecule has 1 aromatic rings. The molecule has 0 saturated heterocycles. The van der Waals surface area contributed by atoms with Crippen molar-refractivity contribution in [3.8, 4) is 5.75 Å². The van der Waals surface area contributed by atoms with Gasteiger partial charge in [-0.3, -0.25) is 20.4 Å². The summed E-state index contributed by atoms with van der Waals surface area (Å²) >= 11 is 11.6. The first kappa shape index (κ1) is 14.6. The minimum atomic E-state index is -0.810. The van der Waals surface area contributed by atoms with E-state index in [0.29, 0.717) is 15.8 Å². The second-order valence-electron chi connectivity index (χ2n) is 3.51. The van der Waals surface area contributed by atoms with Gasteiger partial charge in [-0.15, -0.1) is 0 Å². The van der Waals surface area contributed by atoms with Gasteiger partial charge in [-0.1, -0.05) is 23.2 Å². The third kappa shape index (κ3) is 4.43. The van der Waals surface area contributed by atoms with Crippen molar-refractivity contribution in [1.82, 2.24) is 10.9 Å². The third-order valence-corrected chi connectivity index (χ3v) is 2.46. The lowest BCUT2D eigenvalue weighted by atomic mass is 10.3. The van der Waals surface area contributed by atoms with E-state index in [1.165, 1.54) is 19.9 Å². The molecule has 0 aliphatic rings. The Bertz CT molecular complexity index is 466. The quantitative estimate of drug-likeness (QED) is 0.836. The van der Waals surface area contributed by atoms with Crippen LogP contribution < -0.4 is 15.6 Å². The molecule has 0 aliphatic carbocycles. The van der Waals surface area contributed by atoms with Crippen LogP contribution in [-0.4, -0.2) is 17.9 Å². The summed E-state index contributed by atoms with van der Waals surface area (Å²) in [7, 11) is 0. The van der Waals surface area contributed by atoms with Crippen molar-refractivity contribution < 1.29 is 14.3 Å². The summed E-state index contributed by atoms with van der Waals surface area (Å²) < 4.78 is 5.34. The zero-order valence-electron chi connectivity index (χ0n) is 9.79. The lowest BCUT2D eigenvalue weighted by Crippen LogP contribution is -2.46. The highest BCUT2D eigenvalue weighted by Crippen LogP contribution is 2.28. The first-order valence-corrected chi connectivity index (χ1v) is 5.84. The van der Waals surface area contributed by atoms with Crippen LogP contribution in [0.2, 0.25) is 10.0 Å². The van der Waals surface area contributed by atoms with Crippen LogP contribution in [0.25, 0.3) is 0 Å². The lowest BCUT2D eigenvalue weighted by Gasteiger charge is -2.15. The summed E-state index contributed by atoms with van der Waals surface area (Å²) in [4.78, 5) is 22.1. The molecule has 0 fully saturated rings. The fourth-order valence-electron chi connectivity index (χ4n) is 1.07. The Balaban J connectivity index is 2.60. The van der Waals surface area contributed by atoms with Gasteiger partial charge in [0, 0.05) is 11.9 Å². The topological polar surface area (TPSA) is 67.4 Å². The minimum Gasteiger partial charge on any atom is -0.479 e. The molecule has 98 valence electrons. The van der Waals surface area contributed by atoms with Crippen molar-refractivity contribution in [2.45, 2.75) is 20.0 Å². The van der Waals surface area contributed by atoms with Crippen molar-refractivity contribution in [1.29, 1.82) is 0 Å². The second-order valence-corrected chi connectivity index (χ2v) is 4.35. The van der Waals surface area contributed by atoms with E-state index in [1.54, 1.807) is 12.1 Å². The summed E-state index contributed by atoms with van der Waals surface area (Å²) in [6.07, 6.45) is -0.810. The summed E-state index contributed by atoms with van der Waals surface area (Å²) in [5.41, 5.74) is 4.36. The van der Waals surface area contributed by atoms with Crippen molar-refractivity contribution in [3.63, 3.8) is 0 Å². The van der Waals surface area contributed by atoms with Crippen LogP contribution >= 0.6 is 23.2 Å². The molecule has 2 N–H and O–H groups in total. The average molecular weight is 291 g/mol. The Kier molecular flexibility index (Phi) is 5.25. The number of rotatable bonds is 3. The molecule has 0 bridgehead atoms. The number of hydrogen-bond acceptors (Lipinski definition) is 3. The lowest BCUT2D eigenvalue weighted by molar-refractivity contribution is -0.132. The number of ether oxygens (including phenoxy) is 1. The zero-order chi connectivity index (χ0) is 13.7. The zero-order valence-corrected chi connectivity index (χ0v) is 11.3. The molecule has 7 heteroatoms. The number of hydrazine groups is 1. The molecule has 5 nitrogen and oxygen atoms in total. The van der Waals surface area contributed by atoms with Gasteiger partial charge in [-0.2, -0.15) is 0 Å². The number of hydrogen-bond donors (Lipinski definition) is 2. The normalized spacial score (nSPS) is 11.6. The van der Waals surface area contributed by atoms with Gasteiger partial charge >= 0.3 is 0 Å². The van der Waals surface area contributed by atoms with Crippen LogP contribution in [0.4, 0.5) is 0 Å². The van der Waals surface area contributed by atoms with Gasteiger partial charge in [0.1, 0.15) is 5.75 Å². The highest BCUT2D eigenvalue weighted by Gasteiger charge is 2.16.